The highest BCUT2D eigenvalue weighted by Gasteiger charge is 2.18. The molecule has 0 saturated carbocycles. The van der Waals surface area contributed by atoms with E-state index in [9.17, 15) is 4.79 Å². The third-order valence-electron chi connectivity index (χ3n) is 3.60. The number of ether oxygens (including phenoxy) is 1. The lowest BCUT2D eigenvalue weighted by atomic mass is 9.99. The molecule has 110 valence electrons. The van der Waals surface area contributed by atoms with Crippen molar-refractivity contribution in [2.45, 2.75) is 19.8 Å². The van der Waals surface area contributed by atoms with Crippen LogP contribution in [0.25, 0.3) is 0 Å². The Hall–Kier alpha value is -1.69. The van der Waals surface area contributed by atoms with Crippen molar-refractivity contribution in [2.75, 3.05) is 38.2 Å². The highest BCUT2D eigenvalue weighted by atomic mass is 16.5. The number of carbonyl (C=O) groups excluding carboxylic acids is 1. The van der Waals surface area contributed by atoms with Crippen molar-refractivity contribution >= 4 is 11.8 Å². The van der Waals surface area contributed by atoms with Crippen LogP contribution in [0.5, 0.6) is 0 Å². The Kier molecular flexibility index (Phi) is 5.29. The maximum atomic E-state index is 11.5. The maximum Gasteiger partial charge on any atom is 0.358 e. The predicted molar refractivity (Wildman–Crippen MR) is 76.9 cm³/mol. The summed E-state index contributed by atoms with van der Waals surface area (Å²) in [5, 5.41) is 3.42. The molecule has 0 spiro atoms. The van der Waals surface area contributed by atoms with Gasteiger partial charge < -0.3 is 15.0 Å². The van der Waals surface area contributed by atoms with Gasteiger partial charge in [-0.2, -0.15) is 0 Å². The number of hydrogen-bond donors (Lipinski definition) is 1. The quantitative estimate of drug-likeness (QED) is 0.813. The fourth-order valence-corrected chi connectivity index (χ4v) is 2.49. The summed E-state index contributed by atoms with van der Waals surface area (Å²) in [4.78, 5) is 22.1. The number of methoxy groups -OCH3 is 1. The predicted octanol–water partition coefficient (Wildman–Crippen LogP) is 1.09. The van der Waals surface area contributed by atoms with Gasteiger partial charge in [0.15, 0.2) is 5.69 Å². The number of rotatable bonds is 5. The number of aromatic nitrogens is 2. The monoisotopic (exact) mass is 278 g/mol. The number of piperidine rings is 1. The van der Waals surface area contributed by atoms with Crippen LogP contribution in [0, 0.1) is 5.92 Å². The fourth-order valence-electron chi connectivity index (χ4n) is 2.49. The van der Waals surface area contributed by atoms with Crippen LogP contribution < -0.4 is 10.2 Å². The maximum absolute atomic E-state index is 11.5. The first-order valence-electron chi connectivity index (χ1n) is 7.10. The average Bonchev–Trinajstić information content (AvgIpc) is 2.53. The van der Waals surface area contributed by atoms with Crippen molar-refractivity contribution in [3.8, 4) is 0 Å². The van der Waals surface area contributed by atoms with E-state index in [1.807, 2.05) is 0 Å². The zero-order valence-corrected chi connectivity index (χ0v) is 12.1. The number of hydrogen-bond acceptors (Lipinski definition) is 6. The van der Waals surface area contributed by atoms with Crippen molar-refractivity contribution in [1.29, 1.82) is 0 Å². The van der Waals surface area contributed by atoms with Crippen LogP contribution in [0.1, 0.15) is 30.3 Å². The van der Waals surface area contributed by atoms with E-state index in [1.54, 1.807) is 6.20 Å². The van der Waals surface area contributed by atoms with Gasteiger partial charge in [-0.25, -0.2) is 9.78 Å². The summed E-state index contributed by atoms with van der Waals surface area (Å²) >= 11 is 0. The van der Waals surface area contributed by atoms with Crippen molar-refractivity contribution in [2.24, 2.45) is 5.92 Å². The molecule has 1 aliphatic heterocycles. The van der Waals surface area contributed by atoms with E-state index < -0.39 is 5.97 Å². The van der Waals surface area contributed by atoms with Crippen LogP contribution in [0.4, 0.5) is 5.82 Å². The van der Waals surface area contributed by atoms with Crippen molar-refractivity contribution in [1.82, 2.24) is 15.3 Å². The summed E-state index contributed by atoms with van der Waals surface area (Å²) < 4.78 is 4.68. The minimum atomic E-state index is -0.449. The van der Waals surface area contributed by atoms with Crippen molar-refractivity contribution < 1.29 is 9.53 Å². The van der Waals surface area contributed by atoms with Gasteiger partial charge >= 0.3 is 5.97 Å². The Morgan fingerprint density at radius 3 is 3.05 bits per heavy atom. The zero-order chi connectivity index (χ0) is 14.4. The summed E-state index contributed by atoms with van der Waals surface area (Å²) in [5.41, 5.74) is 0.255. The van der Waals surface area contributed by atoms with Crippen LogP contribution >= 0.6 is 0 Å². The van der Waals surface area contributed by atoms with Gasteiger partial charge in [-0.15, -0.1) is 0 Å². The topological polar surface area (TPSA) is 67.4 Å². The molecule has 1 fully saturated rings. The number of carbonyl (C=O) groups is 1. The first-order valence-corrected chi connectivity index (χ1v) is 7.10. The van der Waals surface area contributed by atoms with E-state index in [0.717, 1.165) is 32.0 Å². The Morgan fingerprint density at radius 1 is 1.55 bits per heavy atom. The molecular weight excluding hydrogens is 256 g/mol. The van der Waals surface area contributed by atoms with E-state index in [-0.39, 0.29) is 5.69 Å². The lowest BCUT2D eigenvalue weighted by Gasteiger charge is -2.30. The van der Waals surface area contributed by atoms with Crippen LogP contribution in [-0.2, 0) is 4.74 Å². The summed E-state index contributed by atoms with van der Waals surface area (Å²) in [7, 11) is 1.35. The lowest BCUT2D eigenvalue weighted by molar-refractivity contribution is 0.0593. The molecule has 6 heteroatoms. The van der Waals surface area contributed by atoms with Crippen LogP contribution in [0.2, 0.25) is 0 Å². The summed E-state index contributed by atoms with van der Waals surface area (Å²) in [6, 6.07) is 0. The smallest absolute Gasteiger partial charge is 0.358 e. The Morgan fingerprint density at radius 2 is 2.40 bits per heavy atom. The third kappa shape index (κ3) is 3.66. The second-order valence-corrected chi connectivity index (χ2v) is 5.01. The van der Waals surface area contributed by atoms with Crippen molar-refractivity contribution in [3.63, 3.8) is 0 Å². The Bertz CT molecular complexity index is 447. The molecule has 0 aliphatic carbocycles. The van der Waals surface area contributed by atoms with E-state index in [0.29, 0.717) is 5.92 Å². The first-order chi connectivity index (χ1) is 9.74. The fraction of sp³-hybridized carbons (Fsp3) is 0.643. The molecule has 2 heterocycles. The number of esters is 1. The van der Waals surface area contributed by atoms with Gasteiger partial charge in [-0.05, 0) is 38.8 Å². The van der Waals surface area contributed by atoms with Gasteiger partial charge in [0, 0.05) is 13.1 Å². The van der Waals surface area contributed by atoms with Gasteiger partial charge in [0.05, 0.1) is 19.5 Å². The Balaban J connectivity index is 2.08. The summed E-state index contributed by atoms with van der Waals surface area (Å²) in [5.74, 6) is 0.906. The average molecular weight is 278 g/mol. The minimum Gasteiger partial charge on any atom is -0.464 e. The molecule has 1 aromatic heterocycles. The highest BCUT2D eigenvalue weighted by Crippen LogP contribution is 2.16. The molecule has 1 saturated heterocycles. The molecule has 0 radical (unpaired) electrons. The first kappa shape index (κ1) is 14.7. The van der Waals surface area contributed by atoms with Gasteiger partial charge in [0.2, 0.25) is 0 Å². The molecule has 1 aliphatic rings. The van der Waals surface area contributed by atoms with Crippen molar-refractivity contribution in [3.05, 3.63) is 18.1 Å². The number of nitrogens with one attached hydrogen (secondary N) is 1. The minimum absolute atomic E-state index is 0.255. The second-order valence-electron chi connectivity index (χ2n) is 5.01. The van der Waals surface area contributed by atoms with E-state index in [2.05, 4.69) is 31.8 Å². The lowest BCUT2D eigenvalue weighted by Crippen LogP contribution is -2.38. The van der Waals surface area contributed by atoms with E-state index >= 15 is 0 Å². The van der Waals surface area contributed by atoms with Gasteiger partial charge in [-0.1, -0.05) is 0 Å². The molecular formula is C14H22N4O2. The molecule has 1 N–H and O–H groups in total. The molecule has 20 heavy (non-hydrogen) atoms. The molecule has 6 nitrogen and oxygen atoms in total. The van der Waals surface area contributed by atoms with Gasteiger partial charge in [0.25, 0.3) is 0 Å². The summed E-state index contributed by atoms with van der Waals surface area (Å²) in [6.07, 6.45) is 5.58. The standard InChI is InChI=1S/C14H22N4O2/c1-3-18(10-11-5-4-6-15-7-11)13-9-16-8-12(17-13)14(19)20-2/h8-9,11,15H,3-7,10H2,1-2H3. The second kappa shape index (κ2) is 7.19. The van der Waals surface area contributed by atoms with E-state index in [4.69, 9.17) is 0 Å². The molecule has 0 amide bonds. The Labute approximate surface area is 119 Å². The third-order valence-corrected chi connectivity index (χ3v) is 3.60. The number of nitrogens with zero attached hydrogens (tertiary/aromatic N) is 3. The van der Waals surface area contributed by atoms with Crippen LogP contribution in [0.3, 0.4) is 0 Å². The molecule has 2 rings (SSSR count). The molecule has 0 aromatic carbocycles. The largest absolute Gasteiger partial charge is 0.464 e. The molecule has 1 unspecified atom stereocenters. The molecule has 1 aromatic rings. The molecule has 0 bridgehead atoms. The van der Waals surface area contributed by atoms with Gasteiger partial charge in [0.1, 0.15) is 5.82 Å². The van der Waals surface area contributed by atoms with Gasteiger partial charge in [-0.3, -0.25) is 4.98 Å². The van der Waals surface area contributed by atoms with E-state index in [1.165, 1.54) is 26.1 Å². The normalized spacial score (nSPS) is 18.6. The zero-order valence-electron chi connectivity index (χ0n) is 12.1. The van der Waals surface area contributed by atoms with Crippen LogP contribution in [0.15, 0.2) is 12.4 Å². The SMILES string of the molecule is CCN(CC1CCCNC1)c1cncc(C(=O)OC)n1. The highest BCUT2D eigenvalue weighted by molar-refractivity contribution is 5.87. The summed E-state index contributed by atoms with van der Waals surface area (Å²) in [6.45, 7) is 6.02. The molecule has 1 atom stereocenters. The van der Waals surface area contributed by atoms with Crippen LogP contribution in [-0.4, -0.2) is 49.2 Å². The number of anilines is 1.